The Bertz CT molecular complexity index is 1120. The Hall–Kier alpha value is -2.55. The number of nitrogens with zero attached hydrogens (tertiary/aromatic N) is 1. The van der Waals surface area contributed by atoms with Crippen LogP contribution in [0, 0.1) is 18.8 Å². The first-order valence-electron chi connectivity index (χ1n) is 15.9. The average Bonchev–Trinajstić information content (AvgIpc) is 3.01. The number of phenolic OH excluding ortho intramolecular Hbond substituents is 1. The van der Waals surface area contributed by atoms with Gasteiger partial charge in [0.2, 0.25) is 5.91 Å². The number of hydrogen-bond donors (Lipinski definition) is 4. The van der Waals surface area contributed by atoms with E-state index in [1.54, 1.807) is 36.9 Å². The maximum Gasteiger partial charge on any atom is 0.251 e. The molecule has 0 spiro atoms. The molecule has 2 unspecified atom stereocenters. The highest BCUT2D eigenvalue weighted by molar-refractivity contribution is 7.99. The maximum atomic E-state index is 13.4. The zero-order valence-corrected chi connectivity index (χ0v) is 28.2. The summed E-state index contributed by atoms with van der Waals surface area (Å²) in [6, 6.07) is 15.1. The number of rotatable bonds is 9. The van der Waals surface area contributed by atoms with E-state index in [-0.39, 0.29) is 35.2 Å². The Morgan fingerprint density at radius 2 is 1.65 bits per heavy atom. The second kappa shape index (κ2) is 18.3. The summed E-state index contributed by atoms with van der Waals surface area (Å²) in [6.07, 6.45) is 6.70. The minimum absolute atomic E-state index is 0.0835. The molecule has 1 aliphatic heterocycles. The van der Waals surface area contributed by atoms with E-state index in [1.165, 1.54) is 25.7 Å². The van der Waals surface area contributed by atoms with Crippen LogP contribution < -0.4 is 10.6 Å². The molecule has 1 saturated carbocycles. The topological polar surface area (TPSA) is 102 Å². The summed E-state index contributed by atoms with van der Waals surface area (Å²) in [5, 5.41) is 23.6. The van der Waals surface area contributed by atoms with Crippen molar-refractivity contribution in [2.24, 2.45) is 11.8 Å². The Morgan fingerprint density at radius 1 is 1.00 bits per heavy atom. The van der Waals surface area contributed by atoms with E-state index in [1.807, 2.05) is 52.8 Å². The molecule has 2 amide bonds. The van der Waals surface area contributed by atoms with Crippen LogP contribution in [0.2, 0.25) is 0 Å². The van der Waals surface area contributed by atoms with E-state index in [0.717, 1.165) is 43.7 Å². The molecule has 4 rings (SSSR count). The number of phenols is 1. The third-order valence-electron chi connectivity index (χ3n) is 8.15. The van der Waals surface area contributed by atoms with Gasteiger partial charge < -0.3 is 20.8 Å². The van der Waals surface area contributed by atoms with Crippen LogP contribution in [0.15, 0.2) is 53.4 Å². The molecule has 2 aliphatic rings. The van der Waals surface area contributed by atoms with Gasteiger partial charge in [0.15, 0.2) is 0 Å². The van der Waals surface area contributed by atoms with Crippen molar-refractivity contribution in [3.05, 3.63) is 59.7 Å². The van der Waals surface area contributed by atoms with E-state index in [0.29, 0.717) is 23.0 Å². The summed E-state index contributed by atoms with van der Waals surface area (Å²) in [6.45, 7) is 13.6. The summed E-state index contributed by atoms with van der Waals surface area (Å²) in [5.74, 6) is 2.09. The third-order valence-corrected chi connectivity index (χ3v) is 9.32. The van der Waals surface area contributed by atoms with Crippen molar-refractivity contribution < 1.29 is 19.8 Å². The van der Waals surface area contributed by atoms with Gasteiger partial charge >= 0.3 is 0 Å². The van der Waals surface area contributed by atoms with Crippen molar-refractivity contribution in [2.75, 3.05) is 26.0 Å². The Balaban J connectivity index is 0.00000155. The second-order valence-electron chi connectivity index (χ2n) is 12.3. The van der Waals surface area contributed by atoms with Crippen LogP contribution in [-0.2, 0) is 4.79 Å². The first-order valence-corrected chi connectivity index (χ1v) is 16.9. The Kier molecular flexibility index (Phi) is 15.6. The maximum absolute atomic E-state index is 13.4. The first kappa shape index (κ1) is 36.6. The first-order chi connectivity index (χ1) is 20.6. The number of aliphatic hydroxyl groups is 1. The zero-order valence-electron chi connectivity index (χ0n) is 27.4. The number of amides is 2. The van der Waals surface area contributed by atoms with Crippen LogP contribution in [-0.4, -0.2) is 70.5 Å². The van der Waals surface area contributed by atoms with Crippen LogP contribution in [0.3, 0.4) is 0 Å². The standard InChI is InChI=1S/C32H45N3O3S.C2H6.CH4O/c1-22-27(15-10-16-29(22)36)30(37)33-25(21-39-26-13-6-5-7-14-26)17-18-35-20-24-12-9-8-11-23(24)19-28(35)31(38)34-32(2,3)4;2*1-2/h5-7,10,13-16,23-25,28,36H,8-9,11-12,17-21H2,1-4H3,(H,33,37)(H,34,38);1-2H3;2H,1H3/t23-,24+,25?,28?;;/m0../s1. The Morgan fingerprint density at radius 3 is 2.30 bits per heavy atom. The third kappa shape index (κ3) is 11.5. The molecule has 1 heterocycles. The molecule has 1 aliphatic carbocycles. The lowest BCUT2D eigenvalue weighted by Crippen LogP contribution is -2.58. The number of carbonyl (C=O) groups is 2. The molecule has 0 bridgehead atoms. The van der Waals surface area contributed by atoms with Crippen molar-refractivity contribution in [1.82, 2.24) is 15.5 Å². The average molecular weight is 614 g/mol. The number of piperidine rings is 1. The molecule has 4 atom stereocenters. The second-order valence-corrected chi connectivity index (χ2v) is 13.4. The highest BCUT2D eigenvalue weighted by Gasteiger charge is 2.40. The predicted molar refractivity (Wildman–Crippen MR) is 179 cm³/mol. The predicted octanol–water partition coefficient (Wildman–Crippen LogP) is 6.41. The highest BCUT2D eigenvalue weighted by Crippen LogP contribution is 2.39. The minimum Gasteiger partial charge on any atom is -0.508 e. The Labute approximate surface area is 264 Å². The SMILES string of the molecule is CC.CO.Cc1c(O)cccc1C(=O)NC(CCN1C[C@H]2CCCC[C@H]2CC1C(=O)NC(C)(C)C)CSc1ccccc1. The van der Waals surface area contributed by atoms with Crippen LogP contribution in [0.5, 0.6) is 5.75 Å². The molecule has 2 aromatic carbocycles. The molecule has 7 nitrogen and oxygen atoms in total. The van der Waals surface area contributed by atoms with Gasteiger partial charge in [-0.2, -0.15) is 0 Å². The lowest BCUT2D eigenvalue weighted by atomic mass is 9.72. The summed E-state index contributed by atoms with van der Waals surface area (Å²) < 4.78 is 0. The van der Waals surface area contributed by atoms with Crippen LogP contribution in [0.25, 0.3) is 0 Å². The van der Waals surface area contributed by atoms with Crippen molar-refractivity contribution >= 4 is 23.6 Å². The van der Waals surface area contributed by atoms with Gasteiger partial charge in [0.25, 0.3) is 5.91 Å². The number of hydrogen-bond acceptors (Lipinski definition) is 6. The number of likely N-dealkylation sites (tertiary alicyclic amines) is 1. The lowest BCUT2D eigenvalue weighted by Gasteiger charge is -2.46. The lowest BCUT2D eigenvalue weighted by molar-refractivity contribution is -0.131. The van der Waals surface area contributed by atoms with Gasteiger partial charge in [0.1, 0.15) is 5.75 Å². The summed E-state index contributed by atoms with van der Waals surface area (Å²) in [7, 11) is 1.00. The van der Waals surface area contributed by atoms with Crippen LogP contribution >= 0.6 is 11.8 Å². The smallest absolute Gasteiger partial charge is 0.251 e. The molecule has 0 radical (unpaired) electrons. The fourth-order valence-corrected chi connectivity index (χ4v) is 7.03. The summed E-state index contributed by atoms with van der Waals surface area (Å²) in [4.78, 5) is 30.3. The largest absolute Gasteiger partial charge is 0.508 e. The molecule has 2 aromatic rings. The normalized spacial score (nSPS) is 20.7. The van der Waals surface area contributed by atoms with Gasteiger partial charge in [0, 0.05) is 53.6 Å². The van der Waals surface area contributed by atoms with E-state index < -0.39 is 0 Å². The quantitative estimate of drug-likeness (QED) is 0.244. The molecular weight excluding hydrogens is 558 g/mol. The highest BCUT2D eigenvalue weighted by atomic mass is 32.2. The van der Waals surface area contributed by atoms with Crippen LogP contribution in [0.4, 0.5) is 0 Å². The molecular formula is C35H55N3O4S. The van der Waals surface area contributed by atoms with Gasteiger partial charge in [-0.1, -0.05) is 57.4 Å². The number of fused-ring (bicyclic) bond motifs is 1. The molecule has 240 valence electrons. The van der Waals surface area contributed by atoms with Gasteiger partial charge in [-0.05, 0) is 83.1 Å². The van der Waals surface area contributed by atoms with Gasteiger partial charge in [0.05, 0.1) is 6.04 Å². The van der Waals surface area contributed by atoms with E-state index in [2.05, 4.69) is 27.7 Å². The van der Waals surface area contributed by atoms with Crippen molar-refractivity contribution in [2.45, 2.75) is 103 Å². The molecule has 4 N–H and O–H groups in total. The number of thioether (sulfide) groups is 1. The molecule has 8 heteroatoms. The summed E-state index contributed by atoms with van der Waals surface area (Å²) >= 11 is 1.73. The fourth-order valence-electron chi connectivity index (χ4n) is 6.04. The van der Waals surface area contributed by atoms with Gasteiger partial charge in [-0.15, -0.1) is 11.8 Å². The number of benzene rings is 2. The number of nitrogens with one attached hydrogen (secondary N) is 2. The van der Waals surface area contributed by atoms with E-state index in [4.69, 9.17) is 5.11 Å². The van der Waals surface area contributed by atoms with Gasteiger partial charge in [-0.25, -0.2) is 0 Å². The van der Waals surface area contributed by atoms with E-state index in [9.17, 15) is 14.7 Å². The minimum atomic E-state index is -0.270. The fraction of sp³-hybridized carbons (Fsp3) is 0.600. The molecule has 1 saturated heterocycles. The number of aliphatic hydroxyl groups excluding tert-OH is 1. The monoisotopic (exact) mass is 613 g/mol. The summed E-state index contributed by atoms with van der Waals surface area (Å²) in [5.41, 5.74) is 0.812. The molecule has 2 fully saturated rings. The number of carbonyl (C=O) groups excluding carboxylic acids is 2. The van der Waals surface area contributed by atoms with Crippen molar-refractivity contribution in [3.8, 4) is 5.75 Å². The zero-order chi connectivity index (χ0) is 32.0. The van der Waals surface area contributed by atoms with Gasteiger partial charge in [-0.3, -0.25) is 14.5 Å². The number of aromatic hydroxyl groups is 1. The van der Waals surface area contributed by atoms with E-state index >= 15 is 0 Å². The molecule has 0 aromatic heterocycles. The van der Waals surface area contributed by atoms with Crippen LogP contribution in [0.1, 0.15) is 89.1 Å². The van der Waals surface area contributed by atoms with Crippen molar-refractivity contribution in [1.29, 1.82) is 0 Å². The van der Waals surface area contributed by atoms with Crippen molar-refractivity contribution in [3.63, 3.8) is 0 Å². The molecule has 43 heavy (non-hydrogen) atoms.